The molecule has 0 rings (SSSR count). The van der Waals surface area contributed by atoms with Gasteiger partial charge in [-0.3, -0.25) is 14.4 Å². The fraction of sp³-hybridized carbons (Fsp3) is 0.667. The summed E-state index contributed by atoms with van der Waals surface area (Å²) in [6, 6.07) is -1.78. The smallest absolute Gasteiger partial charge is 0.183 e. The first-order valence-corrected chi connectivity index (χ1v) is 5.48. The minimum absolute atomic E-state index is 0.671. The van der Waals surface area contributed by atoms with E-state index in [1.165, 1.54) is 13.8 Å². The molecule has 2 unspecified atom stereocenters. The van der Waals surface area contributed by atoms with Gasteiger partial charge in [-0.15, -0.1) is 23.2 Å². The van der Waals surface area contributed by atoms with Crippen LogP contribution in [0.5, 0.6) is 0 Å². The zero-order valence-electron chi connectivity index (χ0n) is 8.94. The van der Waals surface area contributed by atoms with E-state index in [9.17, 15) is 14.4 Å². The van der Waals surface area contributed by atoms with Crippen molar-refractivity contribution < 1.29 is 14.4 Å². The maximum absolute atomic E-state index is 11.5. The highest BCUT2D eigenvalue weighted by molar-refractivity contribution is 6.52. The Morgan fingerprint density at radius 2 is 1.06 bits per heavy atom. The summed E-state index contributed by atoms with van der Waals surface area (Å²) in [4.78, 5) is 34.1. The molecule has 0 bridgehead atoms. The second-order valence-electron chi connectivity index (χ2n) is 3.51. The van der Waals surface area contributed by atoms with Crippen LogP contribution in [0, 0.1) is 0 Å². The van der Waals surface area contributed by atoms with Crippen LogP contribution < -0.4 is 11.5 Å². The van der Waals surface area contributed by atoms with E-state index in [0.29, 0.717) is 0 Å². The monoisotopic (exact) mass is 268 g/mol. The third kappa shape index (κ3) is 3.83. The zero-order chi connectivity index (χ0) is 13.0. The first-order chi connectivity index (χ1) is 7.20. The van der Waals surface area contributed by atoms with Gasteiger partial charge in [-0.25, -0.2) is 0 Å². The van der Waals surface area contributed by atoms with Crippen LogP contribution in [0.4, 0.5) is 0 Å². The van der Waals surface area contributed by atoms with E-state index in [2.05, 4.69) is 0 Å². The van der Waals surface area contributed by atoms with Gasteiger partial charge in [0.25, 0.3) is 0 Å². The van der Waals surface area contributed by atoms with Gasteiger partial charge >= 0.3 is 0 Å². The maximum atomic E-state index is 11.5. The van der Waals surface area contributed by atoms with Crippen molar-refractivity contribution >= 4 is 40.6 Å². The molecular weight excluding hydrogens is 255 g/mol. The topological polar surface area (TPSA) is 103 Å². The number of carbonyl (C=O) groups excluding carboxylic acids is 3. The summed E-state index contributed by atoms with van der Waals surface area (Å²) in [5, 5.41) is -3.02. The Morgan fingerprint density at radius 3 is 1.25 bits per heavy atom. The number of nitrogens with two attached hydrogens (primary N) is 2. The second-order valence-corrected chi connectivity index (χ2v) is 4.38. The molecule has 0 aromatic rings. The van der Waals surface area contributed by atoms with Crippen molar-refractivity contribution in [3.63, 3.8) is 0 Å². The summed E-state index contributed by atoms with van der Waals surface area (Å²) in [5.74, 6) is -2.22. The molecule has 0 aliphatic heterocycles. The van der Waals surface area contributed by atoms with Crippen LogP contribution in [0.1, 0.15) is 13.8 Å². The lowest BCUT2D eigenvalue weighted by Crippen LogP contribution is -2.45. The van der Waals surface area contributed by atoms with Gasteiger partial charge in [0.1, 0.15) is 0 Å². The normalized spacial score (nSPS) is 18.4. The lowest BCUT2D eigenvalue weighted by atomic mass is 10.0. The number of alkyl halides is 2. The Balaban J connectivity index is 4.68. The highest BCUT2D eigenvalue weighted by Crippen LogP contribution is 2.11. The maximum Gasteiger partial charge on any atom is 0.183 e. The Labute approximate surface area is 103 Å². The van der Waals surface area contributed by atoms with Gasteiger partial charge in [-0.05, 0) is 13.8 Å². The van der Waals surface area contributed by atoms with E-state index >= 15 is 0 Å². The van der Waals surface area contributed by atoms with Crippen LogP contribution in [0.3, 0.4) is 0 Å². The molecule has 4 N–H and O–H groups in total. The largest absolute Gasteiger partial charge is 0.322 e. The molecule has 0 spiro atoms. The van der Waals surface area contributed by atoms with Crippen molar-refractivity contribution in [2.45, 2.75) is 36.7 Å². The van der Waals surface area contributed by atoms with Gasteiger partial charge in [-0.1, -0.05) is 0 Å². The summed E-state index contributed by atoms with van der Waals surface area (Å²) in [7, 11) is 0. The predicted molar refractivity (Wildman–Crippen MR) is 61.6 cm³/mol. The Bertz CT molecular complexity index is 277. The van der Waals surface area contributed by atoms with Crippen LogP contribution in [-0.2, 0) is 14.4 Å². The van der Waals surface area contributed by atoms with Crippen LogP contribution >= 0.6 is 23.2 Å². The van der Waals surface area contributed by atoms with Crippen LogP contribution in [0.25, 0.3) is 0 Å². The molecule has 0 radical (unpaired) electrons. The molecule has 0 aliphatic carbocycles. The Morgan fingerprint density at radius 1 is 0.812 bits per heavy atom. The molecule has 16 heavy (non-hydrogen) atoms. The lowest BCUT2D eigenvalue weighted by Gasteiger charge is -2.14. The highest BCUT2D eigenvalue weighted by Gasteiger charge is 2.35. The summed E-state index contributed by atoms with van der Waals surface area (Å²) in [6.07, 6.45) is 0. The quantitative estimate of drug-likeness (QED) is 0.504. The molecule has 4 atom stereocenters. The molecule has 5 nitrogen and oxygen atoms in total. The fourth-order valence-corrected chi connectivity index (χ4v) is 1.58. The van der Waals surface area contributed by atoms with Crippen molar-refractivity contribution in [1.82, 2.24) is 0 Å². The zero-order valence-corrected chi connectivity index (χ0v) is 10.5. The molecule has 92 valence electrons. The average molecular weight is 269 g/mol. The molecule has 0 aromatic carbocycles. The third-order valence-corrected chi connectivity index (χ3v) is 2.76. The lowest BCUT2D eigenvalue weighted by molar-refractivity contribution is -0.129. The second kappa shape index (κ2) is 6.30. The van der Waals surface area contributed by atoms with E-state index in [-0.39, 0.29) is 0 Å². The summed E-state index contributed by atoms with van der Waals surface area (Å²) in [6.45, 7) is 2.78. The van der Waals surface area contributed by atoms with Gasteiger partial charge < -0.3 is 11.5 Å². The highest BCUT2D eigenvalue weighted by atomic mass is 35.5. The van der Waals surface area contributed by atoms with Crippen LogP contribution in [0.2, 0.25) is 0 Å². The van der Waals surface area contributed by atoms with Crippen molar-refractivity contribution in [1.29, 1.82) is 0 Å². The molecule has 7 heteroatoms. The predicted octanol–water partition coefficient (Wildman–Crippen LogP) is -0.397. The summed E-state index contributed by atoms with van der Waals surface area (Å²) >= 11 is 11.1. The minimum Gasteiger partial charge on any atom is -0.322 e. The van der Waals surface area contributed by atoms with E-state index in [4.69, 9.17) is 34.7 Å². The number of rotatable bonds is 6. The van der Waals surface area contributed by atoms with E-state index in [1.54, 1.807) is 0 Å². The summed E-state index contributed by atoms with van der Waals surface area (Å²) in [5.41, 5.74) is 10.5. The van der Waals surface area contributed by atoms with Gasteiger partial charge in [-0.2, -0.15) is 0 Å². The Kier molecular flexibility index (Phi) is 6.10. The van der Waals surface area contributed by atoms with E-state index < -0.39 is 40.2 Å². The SMILES string of the molecule is C[C@H](N)C(=O)C(Cl)C(=O)C(Cl)C(=O)[C@H](C)N. The standard InChI is InChI=1S/C9H14Cl2N2O3/c1-3(12)7(14)5(10)9(16)6(11)8(15)4(2)13/h3-6H,12-13H2,1-2H3/t3-,4-,5?,6?/m0/s1. The van der Waals surface area contributed by atoms with Gasteiger partial charge in [0, 0.05) is 0 Å². The minimum atomic E-state index is -1.51. The number of halogens is 2. The number of Topliss-reactive ketones (excluding diaryl/α,β-unsaturated/α-hetero) is 3. The summed E-state index contributed by atoms with van der Waals surface area (Å²) < 4.78 is 0. The van der Waals surface area contributed by atoms with E-state index in [1.807, 2.05) is 0 Å². The van der Waals surface area contributed by atoms with Crippen LogP contribution in [0.15, 0.2) is 0 Å². The van der Waals surface area contributed by atoms with Gasteiger partial charge in [0.05, 0.1) is 12.1 Å². The number of hydrogen-bond donors (Lipinski definition) is 2. The first kappa shape index (κ1) is 15.5. The molecule has 0 heterocycles. The molecule has 0 aliphatic rings. The van der Waals surface area contributed by atoms with Crippen molar-refractivity contribution in [3.05, 3.63) is 0 Å². The molecule has 0 saturated heterocycles. The number of hydrogen-bond acceptors (Lipinski definition) is 5. The van der Waals surface area contributed by atoms with Crippen molar-refractivity contribution in [2.24, 2.45) is 11.5 Å². The fourth-order valence-electron chi connectivity index (χ4n) is 0.871. The van der Waals surface area contributed by atoms with E-state index in [0.717, 1.165) is 0 Å². The van der Waals surface area contributed by atoms with Gasteiger partial charge in [0.2, 0.25) is 0 Å². The number of ketones is 3. The third-order valence-electron chi connectivity index (χ3n) is 1.90. The molecule has 0 saturated carbocycles. The Hall–Kier alpha value is -0.490. The average Bonchev–Trinajstić information content (AvgIpc) is 2.23. The molecule has 0 fully saturated rings. The molecule has 0 amide bonds. The van der Waals surface area contributed by atoms with Crippen molar-refractivity contribution in [3.8, 4) is 0 Å². The van der Waals surface area contributed by atoms with Gasteiger partial charge in [0.15, 0.2) is 28.1 Å². The first-order valence-electron chi connectivity index (χ1n) is 4.60. The molecular formula is C9H14Cl2N2O3. The molecule has 0 aromatic heterocycles. The van der Waals surface area contributed by atoms with Crippen molar-refractivity contribution in [2.75, 3.05) is 0 Å². The van der Waals surface area contributed by atoms with Crippen LogP contribution in [-0.4, -0.2) is 40.2 Å². The number of carbonyl (C=O) groups is 3.